The molecule has 0 unspecified atom stereocenters. The van der Waals surface area contributed by atoms with Crippen molar-refractivity contribution in [2.24, 2.45) is 0 Å². The van der Waals surface area contributed by atoms with Crippen molar-refractivity contribution in [3.8, 4) is 0 Å². The highest BCUT2D eigenvalue weighted by molar-refractivity contribution is 9.10. The molecule has 0 heterocycles. The minimum atomic E-state index is -0.482. The van der Waals surface area contributed by atoms with Gasteiger partial charge in [0.15, 0.2) is 0 Å². The van der Waals surface area contributed by atoms with Crippen LogP contribution in [0.15, 0.2) is 34.8 Å². The molecule has 18 heavy (non-hydrogen) atoms. The molecule has 0 fully saturated rings. The van der Waals surface area contributed by atoms with Gasteiger partial charge in [0.25, 0.3) is 0 Å². The van der Waals surface area contributed by atoms with Gasteiger partial charge in [0.05, 0.1) is 12.3 Å². The molecular weight excluding hydrogens is 298 g/mol. The van der Waals surface area contributed by atoms with E-state index in [1.54, 1.807) is 19.1 Å². The maximum absolute atomic E-state index is 11.4. The Morgan fingerprint density at radius 1 is 1.33 bits per heavy atom. The molecule has 0 aliphatic rings. The Hall–Kier alpha value is -1.62. The maximum atomic E-state index is 11.4. The van der Waals surface area contributed by atoms with Gasteiger partial charge in [-0.05, 0) is 24.6 Å². The number of hydrogen-bond acceptors (Lipinski definition) is 3. The smallest absolute Gasteiger partial charge is 0.332 e. The van der Waals surface area contributed by atoms with E-state index in [0.717, 1.165) is 10.0 Å². The first kappa shape index (κ1) is 14.4. The van der Waals surface area contributed by atoms with Crippen LogP contribution in [0.2, 0.25) is 0 Å². The summed E-state index contributed by atoms with van der Waals surface area (Å²) in [6, 6.07) is 7.25. The lowest BCUT2D eigenvalue weighted by Gasteiger charge is -2.08. The van der Waals surface area contributed by atoms with Crippen molar-refractivity contribution in [1.82, 2.24) is 5.32 Å². The van der Waals surface area contributed by atoms with Crippen molar-refractivity contribution in [1.29, 1.82) is 0 Å². The molecule has 0 aliphatic heterocycles. The highest BCUT2D eigenvalue weighted by Gasteiger charge is 2.07. The third kappa shape index (κ3) is 4.71. The molecule has 1 rings (SSSR count). The van der Waals surface area contributed by atoms with E-state index in [1.807, 2.05) is 12.1 Å². The standard InChI is InChI=1S/C13H14BrNO3/c1-3-18-13(17)8-12(15-9(2)16)10-4-6-11(14)7-5-10/h4-8H,3H2,1-2H3,(H,15,16)/b12-8-. The van der Waals surface area contributed by atoms with E-state index in [4.69, 9.17) is 4.74 Å². The van der Waals surface area contributed by atoms with E-state index in [0.29, 0.717) is 12.3 Å². The zero-order chi connectivity index (χ0) is 13.5. The second-order valence-electron chi connectivity index (χ2n) is 3.50. The van der Waals surface area contributed by atoms with Crippen molar-refractivity contribution in [2.75, 3.05) is 6.61 Å². The lowest BCUT2D eigenvalue weighted by Crippen LogP contribution is -2.19. The van der Waals surface area contributed by atoms with Crippen LogP contribution in [0.5, 0.6) is 0 Å². The highest BCUT2D eigenvalue weighted by Crippen LogP contribution is 2.16. The molecule has 1 N–H and O–H groups in total. The predicted molar refractivity (Wildman–Crippen MR) is 72.6 cm³/mol. The molecule has 0 aromatic heterocycles. The molecule has 5 heteroatoms. The number of esters is 1. The van der Waals surface area contributed by atoms with Gasteiger partial charge < -0.3 is 10.1 Å². The summed E-state index contributed by atoms with van der Waals surface area (Å²) < 4.78 is 5.74. The van der Waals surface area contributed by atoms with Crippen LogP contribution < -0.4 is 5.32 Å². The average molecular weight is 312 g/mol. The van der Waals surface area contributed by atoms with Gasteiger partial charge in [-0.3, -0.25) is 4.79 Å². The number of benzene rings is 1. The molecule has 1 aromatic carbocycles. The van der Waals surface area contributed by atoms with Gasteiger partial charge in [0.2, 0.25) is 5.91 Å². The average Bonchev–Trinajstić information content (AvgIpc) is 2.28. The number of amides is 1. The van der Waals surface area contributed by atoms with Gasteiger partial charge in [-0.1, -0.05) is 28.1 Å². The van der Waals surface area contributed by atoms with Crippen molar-refractivity contribution in [2.45, 2.75) is 13.8 Å². The molecule has 0 radical (unpaired) electrons. The van der Waals surface area contributed by atoms with E-state index in [1.165, 1.54) is 13.0 Å². The molecule has 0 aliphatic carbocycles. The van der Waals surface area contributed by atoms with Crippen molar-refractivity contribution >= 4 is 33.5 Å². The largest absolute Gasteiger partial charge is 0.463 e. The summed E-state index contributed by atoms with van der Waals surface area (Å²) in [5.41, 5.74) is 1.16. The van der Waals surface area contributed by atoms with Crippen LogP contribution in [0, 0.1) is 0 Å². The summed E-state index contributed by atoms with van der Waals surface area (Å²) in [7, 11) is 0. The number of hydrogen-bond donors (Lipinski definition) is 1. The van der Waals surface area contributed by atoms with E-state index >= 15 is 0 Å². The van der Waals surface area contributed by atoms with E-state index < -0.39 is 5.97 Å². The fraction of sp³-hybridized carbons (Fsp3) is 0.231. The molecule has 0 saturated carbocycles. The number of carbonyl (C=O) groups is 2. The Morgan fingerprint density at radius 3 is 2.44 bits per heavy atom. The van der Waals surface area contributed by atoms with Crippen molar-refractivity contribution < 1.29 is 14.3 Å². The third-order valence-corrected chi connectivity index (χ3v) is 2.54. The first-order chi connectivity index (χ1) is 8.52. The molecule has 96 valence electrons. The summed E-state index contributed by atoms with van der Waals surface area (Å²) in [6.45, 7) is 3.41. The summed E-state index contributed by atoms with van der Waals surface area (Å²) >= 11 is 3.32. The van der Waals surface area contributed by atoms with Crippen LogP contribution in [0.3, 0.4) is 0 Å². The number of halogens is 1. The Balaban J connectivity index is 3.01. The van der Waals surface area contributed by atoms with Gasteiger partial charge in [0.1, 0.15) is 0 Å². The lowest BCUT2D eigenvalue weighted by atomic mass is 10.1. The SMILES string of the molecule is CCOC(=O)/C=C(\NC(C)=O)c1ccc(Br)cc1. The van der Waals surface area contributed by atoms with E-state index in [9.17, 15) is 9.59 Å². The lowest BCUT2D eigenvalue weighted by molar-refractivity contribution is -0.137. The molecule has 4 nitrogen and oxygen atoms in total. The Morgan fingerprint density at radius 2 is 1.94 bits per heavy atom. The van der Waals surface area contributed by atoms with E-state index in [2.05, 4.69) is 21.2 Å². The molecular formula is C13H14BrNO3. The second-order valence-corrected chi connectivity index (χ2v) is 4.41. The van der Waals surface area contributed by atoms with Gasteiger partial charge in [-0.25, -0.2) is 4.79 Å². The predicted octanol–water partition coefficient (Wildman–Crippen LogP) is 2.49. The van der Waals surface area contributed by atoms with Crippen LogP contribution >= 0.6 is 15.9 Å². The van der Waals surface area contributed by atoms with Crippen LogP contribution in [-0.4, -0.2) is 18.5 Å². The second kappa shape index (κ2) is 6.96. The topological polar surface area (TPSA) is 55.4 Å². The number of carbonyl (C=O) groups excluding carboxylic acids is 2. The van der Waals surface area contributed by atoms with Gasteiger partial charge in [-0.2, -0.15) is 0 Å². The third-order valence-electron chi connectivity index (χ3n) is 2.01. The number of nitrogens with one attached hydrogen (secondary N) is 1. The summed E-state index contributed by atoms with van der Waals surface area (Å²) in [6.07, 6.45) is 1.27. The van der Waals surface area contributed by atoms with Crippen LogP contribution in [0.1, 0.15) is 19.4 Å². The monoisotopic (exact) mass is 311 g/mol. The van der Waals surface area contributed by atoms with Crippen LogP contribution in [-0.2, 0) is 14.3 Å². The maximum Gasteiger partial charge on any atom is 0.332 e. The van der Waals surface area contributed by atoms with Crippen LogP contribution in [0.25, 0.3) is 5.70 Å². The van der Waals surface area contributed by atoms with Gasteiger partial charge in [-0.15, -0.1) is 0 Å². The Bertz CT molecular complexity index is 466. The Labute approximate surface area is 114 Å². The van der Waals surface area contributed by atoms with Crippen molar-refractivity contribution in [3.63, 3.8) is 0 Å². The summed E-state index contributed by atoms with van der Waals surface area (Å²) in [5.74, 6) is -0.724. The van der Waals surface area contributed by atoms with Gasteiger partial charge >= 0.3 is 5.97 Å². The molecule has 0 spiro atoms. The molecule has 1 amide bonds. The van der Waals surface area contributed by atoms with Crippen molar-refractivity contribution in [3.05, 3.63) is 40.4 Å². The van der Waals surface area contributed by atoms with E-state index in [-0.39, 0.29) is 5.91 Å². The first-order valence-corrected chi connectivity index (χ1v) is 6.24. The summed E-state index contributed by atoms with van der Waals surface area (Å²) in [4.78, 5) is 22.5. The molecule has 0 saturated heterocycles. The normalized spacial score (nSPS) is 10.9. The molecule has 0 bridgehead atoms. The molecule has 0 atom stereocenters. The zero-order valence-electron chi connectivity index (χ0n) is 10.2. The number of ether oxygens (including phenoxy) is 1. The highest BCUT2D eigenvalue weighted by atomic mass is 79.9. The Kier molecular flexibility index (Phi) is 5.58. The zero-order valence-corrected chi connectivity index (χ0v) is 11.8. The first-order valence-electron chi connectivity index (χ1n) is 5.45. The fourth-order valence-electron chi connectivity index (χ4n) is 1.31. The fourth-order valence-corrected chi connectivity index (χ4v) is 1.58. The minimum Gasteiger partial charge on any atom is -0.463 e. The van der Waals surface area contributed by atoms with Gasteiger partial charge in [0, 0.05) is 17.5 Å². The number of rotatable bonds is 4. The van der Waals surface area contributed by atoms with Crippen LogP contribution in [0.4, 0.5) is 0 Å². The quantitative estimate of drug-likeness (QED) is 0.686. The summed E-state index contributed by atoms with van der Waals surface area (Å²) in [5, 5.41) is 2.61. The molecule has 1 aromatic rings. The minimum absolute atomic E-state index is 0.242.